The number of hydrogen-bond acceptors (Lipinski definition) is 5. The van der Waals surface area contributed by atoms with E-state index in [-0.39, 0.29) is 23.6 Å². The van der Waals surface area contributed by atoms with Crippen molar-refractivity contribution in [3.05, 3.63) is 46.4 Å². The van der Waals surface area contributed by atoms with Gasteiger partial charge in [0.05, 0.1) is 18.1 Å². The first-order valence-electron chi connectivity index (χ1n) is 10.2. The molecule has 2 aromatic rings. The molecular formula is C21H27N5O4. The molecule has 4 rings (SSSR count). The Morgan fingerprint density at radius 3 is 2.60 bits per heavy atom. The number of hydrogen-bond donors (Lipinski definition) is 0. The van der Waals surface area contributed by atoms with Crippen molar-refractivity contribution in [1.82, 2.24) is 23.9 Å². The number of pyridine rings is 1. The summed E-state index contributed by atoms with van der Waals surface area (Å²) in [6, 6.07) is 3.28. The van der Waals surface area contributed by atoms with Crippen LogP contribution in [0.25, 0.3) is 5.69 Å². The molecule has 0 bridgehead atoms. The number of likely N-dealkylation sites (tertiary alicyclic amines) is 1. The smallest absolute Gasteiger partial charge is 0.410 e. The van der Waals surface area contributed by atoms with E-state index >= 15 is 0 Å². The van der Waals surface area contributed by atoms with Crippen LogP contribution >= 0.6 is 0 Å². The van der Waals surface area contributed by atoms with Gasteiger partial charge in [0.1, 0.15) is 17.0 Å². The molecule has 1 saturated heterocycles. The molecule has 1 fully saturated rings. The molecule has 2 aromatic heterocycles. The van der Waals surface area contributed by atoms with Gasteiger partial charge in [0, 0.05) is 32.4 Å². The number of amides is 2. The van der Waals surface area contributed by atoms with Crippen LogP contribution in [0.3, 0.4) is 0 Å². The lowest BCUT2D eigenvalue weighted by molar-refractivity contribution is 0.0271. The summed E-state index contributed by atoms with van der Waals surface area (Å²) in [6.07, 6.45) is 3.72. The standard InChI is InChI=1S/C21H27N5O4/c1-14-11-24(13-22-14)16-5-6-17-19(28)25(9-10-26(17)18(16)27)15-7-8-23(12-15)20(29)30-21(2,3)4/h5-6,11,13,15H,7-10,12H2,1-4H3/t15-/m1/s1. The highest BCUT2D eigenvalue weighted by molar-refractivity contribution is 5.93. The summed E-state index contributed by atoms with van der Waals surface area (Å²) < 4.78 is 8.65. The van der Waals surface area contributed by atoms with Crippen LogP contribution < -0.4 is 5.56 Å². The van der Waals surface area contributed by atoms with Gasteiger partial charge in [0.25, 0.3) is 11.5 Å². The van der Waals surface area contributed by atoms with E-state index in [0.29, 0.717) is 44.0 Å². The molecule has 30 heavy (non-hydrogen) atoms. The molecule has 4 heterocycles. The number of rotatable bonds is 2. The van der Waals surface area contributed by atoms with Crippen molar-refractivity contribution in [2.75, 3.05) is 19.6 Å². The molecule has 0 unspecified atom stereocenters. The third-order valence-corrected chi connectivity index (χ3v) is 5.44. The summed E-state index contributed by atoms with van der Waals surface area (Å²) >= 11 is 0. The Balaban J connectivity index is 1.51. The van der Waals surface area contributed by atoms with Crippen LogP contribution in [-0.4, -0.2) is 67.2 Å². The fraction of sp³-hybridized carbons (Fsp3) is 0.524. The Morgan fingerprint density at radius 1 is 1.17 bits per heavy atom. The third-order valence-electron chi connectivity index (χ3n) is 5.44. The minimum absolute atomic E-state index is 0.0788. The van der Waals surface area contributed by atoms with Crippen LogP contribution in [0.4, 0.5) is 4.79 Å². The second-order valence-electron chi connectivity index (χ2n) is 8.85. The maximum Gasteiger partial charge on any atom is 0.410 e. The fourth-order valence-electron chi connectivity index (χ4n) is 4.02. The molecule has 0 spiro atoms. The summed E-state index contributed by atoms with van der Waals surface area (Å²) in [5, 5.41) is 0. The molecule has 2 amide bonds. The van der Waals surface area contributed by atoms with Gasteiger partial charge in [-0.3, -0.25) is 9.59 Å². The van der Waals surface area contributed by atoms with Crippen LogP contribution in [0, 0.1) is 6.92 Å². The highest BCUT2D eigenvalue weighted by atomic mass is 16.6. The largest absolute Gasteiger partial charge is 0.444 e. The molecule has 2 aliphatic heterocycles. The molecule has 9 nitrogen and oxygen atoms in total. The van der Waals surface area contributed by atoms with Crippen molar-refractivity contribution < 1.29 is 14.3 Å². The minimum atomic E-state index is -0.554. The van der Waals surface area contributed by atoms with Crippen molar-refractivity contribution in [2.24, 2.45) is 0 Å². The molecule has 1 atom stereocenters. The van der Waals surface area contributed by atoms with Gasteiger partial charge in [0.2, 0.25) is 0 Å². The molecule has 0 N–H and O–H groups in total. The van der Waals surface area contributed by atoms with Crippen molar-refractivity contribution in [3.8, 4) is 5.69 Å². The summed E-state index contributed by atoms with van der Waals surface area (Å²) in [5.74, 6) is -0.178. The average Bonchev–Trinajstić information content (AvgIpc) is 3.31. The van der Waals surface area contributed by atoms with Crippen LogP contribution in [0.5, 0.6) is 0 Å². The van der Waals surface area contributed by atoms with E-state index in [4.69, 9.17) is 4.74 Å². The highest BCUT2D eigenvalue weighted by Crippen LogP contribution is 2.23. The van der Waals surface area contributed by atoms with E-state index in [1.54, 1.807) is 39.0 Å². The minimum Gasteiger partial charge on any atom is -0.444 e. The number of carbonyl (C=O) groups is 2. The molecule has 0 aromatic carbocycles. The quantitative estimate of drug-likeness (QED) is 0.749. The Bertz CT molecular complexity index is 1050. The number of nitrogens with zero attached hydrogens (tertiary/aromatic N) is 5. The van der Waals surface area contributed by atoms with Crippen LogP contribution in [-0.2, 0) is 11.3 Å². The number of fused-ring (bicyclic) bond motifs is 1. The zero-order chi connectivity index (χ0) is 21.6. The van der Waals surface area contributed by atoms with Gasteiger partial charge in [-0.1, -0.05) is 0 Å². The number of aromatic nitrogens is 3. The van der Waals surface area contributed by atoms with Gasteiger partial charge >= 0.3 is 6.09 Å². The first kappa shape index (κ1) is 20.2. The summed E-state index contributed by atoms with van der Waals surface area (Å²) in [6.45, 7) is 9.21. The molecule has 2 aliphatic rings. The number of ether oxygens (including phenoxy) is 1. The Morgan fingerprint density at radius 2 is 1.93 bits per heavy atom. The topological polar surface area (TPSA) is 89.7 Å². The van der Waals surface area contributed by atoms with Gasteiger partial charge < -0.3 is 23.7 Å². The lowest BCUT2D eigenvalue weighted by Crippen LogP contribution is -2.50. The number of aryl methyl sites for hydroxylation is 1. The van der Waals surface area contributed by atoms with E-state index in [2.05, 4.69) is 4.98 Å². The van der Waals surface area contributed by atoms with Crippen molar-refractivity contribution in [1.29, 1.82) is 0 Å². The second-order valence-corrected chi connectivity index (χ2v) is 8.85. The summed E-state index contributed by atoms with van der Waals surface area (Å²) in [5.41, 5.74) is 0.900. The lowest BCUT2D eigenvalue weighted by Gasteiger charge is -2.34. The van der Waals surface area contributed by atoms with E-state index in [1.807, 2.05) is 27.7 Å². The Kier molecular flexibility index (Phi) is 4.91. The molecule has 0 radical (unpaired) electrons. The normalized spacial score (nSPS) is 19.2. The van der Waals surface area contributed by atoms with Gasteiger partial charge in [-0.25, -0.2) is 9.78 Å². The Labute approximate surface area is 174 Å². The van der Waals surface area contributed by atoms with E-state index in [1.165, 1.54) is 4.57 Å². The SMILES string of the molecule is Cc1cn(-c2ccc3n(c2=O)CCN([C@@H]2CCN(C(=O)OC(C)(C)C)C2)C3=O)cn1. The maximum absolute atomic E-state index is 13.1. The monoisotopic (exact) mass is 413 g/mol. The third kappa shape index (κ3) is 3.71. The predicted octanol–water partition coefficient (Wildman–Crippen LogP) is 1.81. The van der Waals surface area contributed by atoms with Crippen molar-refractivity contribution in [3.63, 3.8) is 0 Å². The number of imidazole rings is 1. The molecule has 160 valence electrons. The first-order valence-corrected chi connectivity index (χ1v) is 10.2. The molecule has 0 saturated carbocycles. The van der Waals surface area contributed by atoms with E-state index in [9.17, 15) is 14.4 Å². The van der Waals surface area contributed by atoms with Gasteiger partial charge in [0.15, 0.2) is 0 Å². The lowest BCUT2D eigenvalue weighted by atomic mass is 10.1. The molecule has 9 heteroatoms. The van der Waals surface area contributed by atoms with Crippen LogP contribution in [0.2, 0.25) is 0 Å². The van der Waals surface area contributed by atoms with Crippen LogP contribution in [0.15, 0.2) is 29.5 Å². The zero-order valence-electron chi connectivity index (χ0n) is 17.8. The second kappa shape index (κ2) is 7.30. The highest BCUT2D eigenvalue weighted by Gasteiger charge is 2.37. The number of carbonyl (C=O) groups excluding carboxylic acids is 2. The fourth-order valence-corrected chi connectivity index (χ4v) is 4.02. The average molecular weight is 413 g/mol. The van der Waals surface area contributed by atoms with Gasteiger partial charge in [-0.15, -0.1) is 0 Å². The summed E-state index contributed by atoms with van der Waals surface area (Å²) in [4.78, 5) is 46.0. The van der Waals surface area contributed by atoms with E-state index in [0.717, 1.165) is 5.69 Å². The Hall–Kier alpha value is -3.10. The zero-order valence-corrected chi connectivity index (χ0v) is 17.8. The van der Waals surface area contributed by atoms with Crippen molar-refractivity contribution >= 4 is 12.0 Å². The summed E-state index contributed by atoms with van der Waals surface area (Å²) in [7, 11) is 0. The van der Waals surface area contributed by atoms with Gasteiger partial charge in [-0.05, 0) is 46.2 Å². The molecule has 0 aliphatic carbocycles. The predicted molar refractivity (Wildman–Crippen MR) is 110 cm³/mol. The maximum atomic E-state index is 13.1. The van der Waals surface area contributed by atoms with E-state index < -0.39 is 5.60 Å². The molecular weight excluding hydrogens is 386 g/mol. The first-order chi connectivity index (χ1) is 14.1. The van der Waals surface area contributed by atoms with Crippen molar-refractivity contribution in [2.45, 2.75) is 52.3 Å². The van der Waals surface area contributed by atoms with Crippen LogP contribution in [0.1, 0.15) is 43.4 Å². The van der Waals surface area contributed by atoms with Gasteiger partial charge in [-0.2, -0.15) is 0 Å².